The standard InChI is InChI=1S/C22H19ClN4O3/c1-3-30-22(28)20-21(19-18-12-16(23)7-6-15(18)10-11-24-19)27(26-25-20)13-14-4-8-17(29-2)9-5-14/h4-12H,3,13H2,1-2H3. The first-order chi connectivity index (χ1) is 14.6. The lowest BCUT2D eigenvalue weighted by Gasteiger charge is -2.11. The van der Waals surface area contributed by atoms with E-state index in [4.69, 9.17) is 21.1 Å². The summed E-state index contributed by atoms with van der Waals surface area (Å²) in [4.78, 5) is 17.1. The van der Waals surface area contributed by atoms with E-state index >= 15 is 0 Å². The number of ether oxygens (including phenoxy) is 2. The van der Waals surface area contributed by atoms with Crippen LogP contribution in [0.15, 0.2) is 54.7 Å². The first-order valence-corrected chi connectivity index (χ1v) is 9.76. The van der Waals surface area contributed by atoms with Gasteiger partial charge in [-0.2, -0.15) is 0 Å². The number of hydrogen-bond acceptors (Lipinski definition) is 6. The van der Waals surface area contributed by atoms with Gasteiger partial charge in [-0.1, -0.05) is 35.0 Å². The molecular weight excluding hydrogens is 404 g/mol. The third-order valence-corrected chi connectivity index (χ3v) is 4.88. The number of benzene rings is 2. The normalized spacial score (nSPS) is 10.9. The molecule has 4 rings (SSSR count). The zero-order valence-corrected chi connectivity index (χ0v) is 17.3. The monoisotopic (exact) mass is 422 g/mol. The fraction of sp³-hybridized carbons (Fsp3) is 0.182. The smallest absolute Gasteiger partial charge is 0.361 e. The molecule has 0 saturated heterocycles. The Hall–Kier alpha value is -3.45. The van der Waals surface area contributed by atoms with Crippen molar-refractivity contribution >= 4 is 28.3 Å². The Bertz CT molecular complexity index is 1200. The molecule has 0 N–H and O–H groups in total. The van der Waals surface area contributed by atoms with Gasteiger partial charge in [0.05, 0.1) is 26.0 Å². The molecule has 2 aromatic carbocycles. The van der Waals surface area contributed by atoms with Crippen LogP contribution in [0.2, 0.25) is 5.02 Å². The molecule has 0 spiro atoms. The summed E-state index contributed by atoms with van der Waals surface area (Å²) < 4.78 is 12.1. The number of nitrogens with zero attached hydrogens (tertiary/aromatic N) is 4. The molecule has 0 aliphatic rings. The van der Waals surface area contributed by atoms with Gasteiger partial charge in [0.2, 0.25) is 0 Å². The third kappa shape index (κ3) is 3.84. The van der Waals surface area contributed by atoms with Gasteiger partial charge in [0.1, 0.15) is 11.4 Å². The summed E-state index contributed by atoms with van der Waals surface area (Å²) in [5, 5.41) is 10.6. The van der Waals surface area contributed by atoms with E-state index in [-0.39, 0.29) is 12.3 Å². The highest BCUT2D eigenvalue weighted by Crippen LogP contribution is 2.31. The van der Waals surface area contributed by atoms with E-state index < -0.39 is 5.97 Å². The van der Waals surface area contributed by atoms with Crippen LogP contribution in [0.5, 0.6) is 5.75 Å². The Morgan fingerprint density at radius 1 is 1.13 bits per heavy atom. The van der Waals surface area contributed by atoms with Crippen LogP contribution in [0.4, 0.5) is 0 Å². The molecule has 0 atom stereocenters. The van der Waals surface area contributed by atoms with Crippen molar-refractivity contribution in [2.45, 2.75) is 13.5 Å². The zero-order chi connectivity index (χ0) is 21.1. The molecule has 0 fully saturated rings. The average molecular weight is 423 g/mol. The summed E-state index contributed by atoms with van der Waals surface area (Å²) in [6.07, 6.45) is 1.69. The number of carbonyl (C=O) groups is 1. The van der Waals surface area contributed by atoms with Gasteiger partial charge in [-0.3, -0.25) is 4.98 Å². The van der Waals surface area contributed by atoms with Crippen LogP contribution in [0.1, 0.15) is 23.0 Å². The highest BCUT2D eigenvalue weighted by atomic mass is 35.5. The van der Waals surface area contributed by atoms with Gasteiger partial charge in [0.15, 0.2) is 5.69 Å². The zero-order valence-electron chi connectivity index (χ0n) is 16.5. The maximum Gasteiger partial charge on any atom is 0.361 e. The van der Waals surface area contributed by atoms with Crippen LogP contribution in [-0.2, 0) is 11.3 Å². The lowest BCUT2D eigenvalue weighted by atomic mass is 10.1. The second-order valence-electron chi connectivity index (χ2n) is 6.54. The summed E-state index contributed by atoms with van der Waals surface area (Å²) in [7, 11) is 1.62. The molecule has 0 saturated carbocycles. The molecule has 2 aromatic heterocycles. The van der Waals surface area contributed by atoms with Gasteiger partial charge >= 0.3 is 5.97 Å². The largest absolute Gasteiger partial charge is 0.497 e. The van der Waals surface area contributed by atoms with Crippen molar-refractivity contribution in [1.29, 1.82) is 0 Å². The van der Waals surface area contributed by atoms with E-state index in [2.05, 4.69) is 15.3 Å². The number of carbonyl (C=O) groups excluding carboxylic acids is 1. The lowest BCUT2D eigenvalue weighted by Crippen LogP contribution is -2.10. The van der Waals surface area contributed by atoms with Crippen LogP contribution < -0.4 is 4.74 Å². The molecule has 2 heterocycles. The number of hydrogen-bond donors (Lipinski definition) is 0. The van der Waals surface area contributed by atoms with Crippen LogP contribution in [0.25, 0.3) is 22.2 Å². The fourth-order valence-electron chi connectivity index (χ4n) is 3.23. The molecule has 8 heteroatoms. The van der Waals surface area contributed by atoms with Crippen molar-refractivity contribution in [1.82, 2.24) is 20.0 Å². The fourth-order valence-corrected chi connectivity index (χ4v) is 3.40. The minimum Gasteiger partial charge on any atom is -0.497 e. The molecule has 7 nitrogen and oxygen atoms in total. The van der Waals surface area contributed by atoms with E-state index in [0.29, 0.717) is 23.0 Å². The third-order valence-electron chi connectivity index (χ3n) is 4.65. The maximum absolute atomic E-state index is 12.6. The number of halogens is 1. The van der Waals surface area contributed by atoms with E-state index in [0.717, 1.165) is 22.1 Å². The number of pyridine rings is 1. The first-order valence-electron chi connectivity index (χ1n) is 9.39. The first kappa shape index (κ1) is 19.8. The Balaban J connectivity index is 1.87. The number of esters is 1. The summed E-state index contributed by atoms with van der Waals surface area (Å²) in [6, 6.07) is 15.0. The minimum absolute atomic E-state index is 0.116. The Labute approximate surface area is 178 Å². The minimum atomic E-state index is -0.547. The van der Waals surface area contributed by atoms with Gasteiger partial charge in [-0.15, -0.1) is 5.10 Å². The summed E-state index contributed by atoms with van der Waals surface area (Å²) >= 11 is 6.23. The molecule has 0 bridgehead atoms. The second kappa shape index (κ2) is 8.51. The van der Waals surface area contributed by atoms with Gasteiger partial charge < -0.3 is 9.47 Å². The average Bonchev–Trinajstić information content (AvgIpc) is 3.17. The summed E-state index contributed by atoms with van der Waals surface area (Å²) in [5.74, 6) is 0.212. The molecule has 152 valence electrons. The molecule has 30 heavy (non-hydrogen) atoms. The summed E-state index contributed by atoms with van der Waals surface area (Å²) in [6.45, 7) is 2.37. The lowest BCUT2D eigenvalue weighted by molar-refractivity contribution is 0.0520. The van der Waals surface area contributed by atoms with Crippen molar-refractivity contribution in [2.75, 3.05) is 13.7 Å². The van der Waals surface area contributed by atoms with Crippen LogP contribution in [0, 0.1) is 0 Å². The SMILES string of the molecule is CCOC(=O)c1nnn(Cc2ccc(OC)cc2)c1-c1nccc2ccc(Cl)cc12. The molecule has 0 aliphatic heterocycles. The number of methoxy groups -OCH3 is 1. The molecule has 0 aliphatic carbocycles. The predicted octanol–water partition coefficient (Wildman–Crippen LogP) is 4.38. The molecule has 0 amide bonds. The topological polar surface area (TPSA) is 79.1 Å². The molecule has 4 aromatic rings. The molecular formula is C22H19ClN4O3. The van der Waals surface area contributed by atoms with Crippen LogP contribution in [0.3, 0.4) is 0 Å². The van der Waals surface area contributed by atoms with Crippen LogP contribution >= 0.6 is 11.6 Å². The van der Waals surface area contributed by atoms with Crippen molar-refractivity contribution in [3.05, 3.63) is 71.0 Å². The highest BCUT2D eigenvalue weighted by Gasteiger charge is 2.25. The van der Waals surface area contributed by atoms with E-state index in [1.165, 1.54) is 0 Å². The van der Waals surface area contributed by atoms with Crippen LogP contribution in [-0.4, -0.2) is 39.7 Å². The van der Waals surface area contributed by atoms with Crippen molar-refractivity contribution in [3.8, 4) is 17.1 Å². The predicted molar refractivity (Wildman–Crippen MR) is 114 cm³/mol. The van der Waals surface area contributed by atoms with Crippen molar-refractivity contribution < 1.29 is 14.3 Å². The van der Waals surface area contributed by atoms with E-state index in [9.17, 15) is 4.79 Å². The highest BCUT2D eigenvalue weighted by molar-refractivity contribution is 6.31. The number of aromatic nitrogens is 4. The maximum atomic E-state index is 12.6. The van der Waals surface area contributed by atoms with Crippen molar-refractivity contribution in [2.24, 2.45) is 0 Å². The van der Waals surface area contributed by atoms with E-state index in [1.54, 1.807) is 24.9 Å². The Morgan fingerprint density at radius 3 is 2.67 bits per heavy atom. The van der Waals surface area contributed by atoms with Gasteiger partial charge in [-0.05, 0) is 48.2 Å². The van der Waals surface area contributed by atoms with E-state index in [1.807, 2.05) is 48.5 Å². The molecule has 0 radical (unpaired) electrons. The Kier molecular flexibility index (Phi) is 5.63. The Morgan fingerprint density at radius 2 is 1.93 bits per heavy atom. The number of rotatable bonds is 6. The number of fused-ring (bicyclic) bond motifs is 1. The van der Waals surface area contributed by atoms with Gasteiger partial charge in [0.25, 0.3) is 0 Å². The van der Waals surface area contributed by atoms with Gasteiger partial charge in [-0.25, -0.2) is 9.48 Å². The second-order valence-corrected chi connectivity index (χ2v) is 6.97. The molecule has 0 unspecified atom stereocenters. The summed E-state index contributed by atoms with van der Waals surface area (Å²) in [5.41, 5.74) is 2.13. The van der Waals surface area contributed by atoms with Gasteiger partial charge in [0, 0.05) is 16.6 Å². The van der Waals surface area contributed by atoms with Crippen molar-refractivity contribution in [3.63, 3.8) is 0 Å². The quantitative estimate of drug-likeness (QED) is 0.429.